The average Bonchev–Trinajstić information content (AvgIpc) is 2.21. The van der Waals surface area contributed by atoms with E-state index in [0.29, 0.717) is 10.0 Å². The van der Waals surface area contributed by atoms with E-state index in [0.717, 1.165) is 13.0 Å². The van der Waals surface area contributed by atoms with E-state index in [1.165, 1.54) is 6.07 Å². The Morgan fingerprint density at radius 2 is 2.20 bits per heavy atom. The first-order chi connectivity index (χ1) is 7.06. The third kappa shape index (κ3) is 2.96. The summed E-state index contributed by atoms with van der Waals surface area (Å²) < 4.78 is 0.595. The molecule has 4 heteroatoms. The normalized spacial score (nSPS) is 10.1. The van der Waals surface area contributed by atoms with E-state index in [1.54, 1.807) is 24.1 Å². The van der Waals surface area contributed by atoms with Gasteiger partial charge in [-0.1, -0.05) is 6.92 Å². The molecule has 0 spiro atoms. The molecular weight excluding hydrogens is 258 g/mol. The standard InChI is InChI=1S/C11H14BrNO2/c1-3-6-13(2)11(15)8-4-5-9(12)10(14)7-8/h4-5,7,14H,3,6H2,1-2H3. The molecule has 1 rings (SSSR count). The minimum absolute atomic E-state index is 0.0698. The molecule has 0 aliphatic rings. The Hall–Kier alpha value is -1.03. The molecular formula is C11H14BrNO2. The Balaban J connectivity index is 2.87. The minimum atomic E-state index is -0.0698. The molecule has 0 heterocycles. The van der Waals surface area contributed by atoms with Gasteiger partial charge in [-0.05, 0) is 40.5 Å². The lowest BCUT2D eigenvalue weighted by atomic mass is 10.2. The summed E-state index contributed by atoms with van der Waals surface area (Å²) in [4.78, 5) is 13.4. The van der Waals surface area contributed by atoms with E-state index in [1.807, 2.05) is 6.92 Å². The zero-order valence-corrected chi connectivity index (χ0v) is 10.4. The van der Waals surface area contributed by atoms with E-state index in [2.05, 4.69) is 15.9 Å². The van der Waals surface area contributed by atoms with Crippen molar-refractivity contribution in [1.29, 1.82) is 0 Å². The molecule has 0 aliphatic heterocycles. The van der Waals surface area contributed by atoms with Crippen molar-refractivity contribution in [3.05, 3.63) is 28.2 Å². The second-order valence-electron chi connectivity index (χ2n) is 3.39. The van der Waals surface area contributed by atoms with Crippen LogP contribution in [0.2, 0.25) is 0 Å². The first kappa shape index (κ1) is 12.0. The number of hydrogen-bond donors (Lipinski definition) is 1. The maximum absolute atomic E-state index is 11.8. The van der Waals surface area contributed by atoms with Gasteiger partial charge in [-0.25, -0.2) is 0 Å². The fraction of sp³-hybridized carbons (Fsp3) is 0.364. The molecule has 1 aromatic rings. The molecule has 0 saturated heterocycles. The van der Waals surface area contributed by atoms with Crippen LogP contribution in [0.3, 0.4) is 0 Å². The first-order valence-corrected chi connectivity index (χ1v) is 5.59. The molecule has 0 bridgehead atoms. The van der Waals surface area contributed by atoms with Gasteiger partial charge in [0, 0.05) is 19.2 Å². The molecule has 0 aromatic heterocycles. The number of nitrogens with zero attached hydrogens (tertiary/aromatic N) is 1. The Kier molecular flexibility index (Phi) is 4.15. The van der Waals surface area contributed by atoms with Gasteiger partial charge in [0.25, 0.3) is 5.91 Å². The Morgan fingerprint density at radius 1 is 1.53 bits per heavy atom. The van der Waals surface area contributed by atoms with Crippen LogP contribution < -0.4 is 0 Å². The fourth-order valence-corrected chi connectivity index (χ4v) is 1.55. The predicted octanol–water partition coefficient (Wildman–Crippen LogP) is 2.64. The summed E-state index contributed by atoms with van der Waals surface area (Å²) >= 11 is 3.17. The highest BCUT2D eigenvalue weighted by atomic mass is 79.9. The zero-order valence-electron chi connectivity index (χ0n) is 8.83. The number of aromatic hydroxyl groups is 1. The van der Waals surface area contributed by atoms with Crippen molar-refractivity contribution in [2.75, 3.05) is 13.6 Å². The van der Waals surface area contributed by atoms with Crippen LogP contribution in [-0.2, 0) is 0 Å². The summed E-state index contributed by atoms with van der Waals surface area (Å²) in [5.74, 6) is 0.0189. The summed E-state index contributed by atoms with van der Waals surface area (Å²) in [6.07, 6.45) is 0.921. The number of phenolic OH excluding ortho intramolecular Hbond substituents is 1. The van der Waals surface area contributed by atoms with Gasteiger partial charge >= 0.3 is 0 Å². The van der Waals surface area contributed by atoms with Crippen molar-refractivity contribution >= 4 is 21.8 Å². The van der Waals surface area contributed by atoms with Crippen LogP contribution in [0.4, 0.5) is 0 Å². The highest BCUT2D eigenvalue weighted by molar-refractivity contribution is 9.10. The van der Waals surface area contributed by atoms with E-state index >= 15 is 0 Å². The lowest BCUT2D eigenvalue weighted by Gasteiger charge is -2.16. The molecule has 3 nitrogen and oxygen atoms in total. The van der Waals surface area contributed by atoms with Gasteiger partial charge in [-0.15, -0.1) is 0 Å². The van der Waals surface area contributed by atoms with Crippen LogP contribution in [0.5, 0.6) is 5.75 Å². The molecule has 1 N–H and O–H groups in total. The van der Waals surface area contributed by atoms with Gasteiger partial charge in [0.15, 0.2) is 0 Å². The third-order valence-corrected chi connectivity index (χ3v) is 2.77. The van der Waals surface area contributed by atoms with Gasteiger partial charge in [0.2, 0.25) is 0 Å². The Morgan fingerprint density at radius 3 is 2.73 bits per heavy atom. The van der Waals surface area contributed by atoms with E-state index in [4.69, 9.17) is 0 Å². The van der Waals surface area contributed by atoms with Crippen LogP contribution in [0.1, 0.15) is 23.7 Å². The highest BCUT2D eigenvalue weighted by Gasteiger charge is 2.11. The molecule has 0 unspecified atom stereocenters. The predicted molar refractivity (Wildman–Crippen MR) is 63.1 cm³/mol. The largest absolute Gasteiger partial charge is 0.507 e. The van der Waals surface area contributed by atoms with Crippen LogP contribution in [0.15, 0.2) is 22.7 Å². The van der Waals surface area contributed by atoms with Gasteiger partial charge in [-0.3, -0.25) is 4.79 Å². The quantitative estimate of drug-likeness (QED) is 0.918. The van der Waals surface area contributed by atoms with E-state index < -0.39 is 0 Å². The molecule has 0 saturated carbocycles. The number of benzene rings is 1. The van der Waals surface area contributed by atoms with Gasteiger partial charge in [0.05, 0.1) is 4.47 Å². The lowest BCUT2D eigenvalue weighted by Crippen LogP contribution is -2.27. The van der Waals surface area contributed by atoms with Crippen molar-refractivity contribution in [3.63, 3.8) is 0 Å². The van der Waals surface area contributed by atoms with Crippen molar-refractivity contribution in [2.24, 2.45) is 0 Å². The number of carbonyl (C=O) groups excluding carboxylic acids is 1. The average molecular weight is 272 g/mol. The van der Waals surface area contributed by atoms with E-state index in [-0.39, 0.29) is 11.7 Å². The lowest BCUT2D eigenvalue weighted by molar-refractivity contribution is 0.0794. The van der Waals surface area contributed by atoms with Crippen LogP contribution in [-0.4, -0.2) is 29.5 Å². The van der Waals surface area contributed by atoms with Gasteiger partial charge in [-0.2, -0.15) is 0 Å². The number of hydrogen-bond acceptors (Lipinski definition) is 2. The molecule has 0 fully saturated rings. The Bertz CT molecular complexity index is 366. The molecule has 15 heavy (non-hydrogen) atoms. The molecule has 0 aliphatic carbocycles. The molecule has 0 atom stereocenters. The summed E-state index contributed by atoms with van der Waals surface area (Å²) in [7, 11) is 1.75. The molecule has 1 amide bonds. The minimum Gasteiger partial charge on any atom is -0.507 e. The number of halogens is 1. The fourth-order valence-electron chi connectivity index (χ4n) is 1.30. The maximum atomic E-state index is 11.8. The second-order valence-corrected chi connectivity index (χ2v) is 4.25. The smallest absolute Gasteiger partial charge is 0.253 e. The van der Waals surface area contributed by atoms with Gasteiger partial charge < -0.3 is 10.0 Å². The van der Waals surface area contributed by atoms with Crippen LogP contribution >= 0.6 is 15.9 Å². The Labute approximate surface area is 97.8 Å². The second kappa shape index (κ2) is 5.16. The molecule has 0 radical (unpaired) electrons. The number of phenols is 1. The molecule has 1 aromatic carbocycles. The van der Waals surface area contributed by atoms with Crippen LogP contribution in [0.25, 0.3) is 0 Å². The number of amides is 1. The van der Waals surface area contributed by atoms with Crippen molar-refractivity contribution < 1.29 is 9.90 Å². The first-order valence-electron chi connectivity index (χ1n) is 4.80. The monoisotopic (exact) mass is 271 g/mol. The number of carbonyl (C=O) groups is 1. The van der Waals surface area contributed by atoms with Crippen molar-refractivity contribution in [1.82, 2.24) is 4.90 Å². The summed E-state index contributed by atoms with van der Waals surface area (Å²) in [5.41, 5.74) is 0.506. The summed E-state index contributed by atoms with van der Waals surface area (Å²) in [6, 6.07) is 4.83. The van der Waals surface area contributed by atoms with Crippen molar-refractivity contribution in [3.8, 4) is 5.75 Å². The maximum Gasteiger partial charge on any atom is 0.253 e. The topological polar surface area (TPSA) is 40.5 Å². The SMILES string of the molecule is CCCN(C)C(=O)c1ccc(Br)c(O)c1. The number of rotatable bonds is 3. The molecule has 82 valence electrons. The third-order valence-electron chi connectivity index (χ3n) is 2.10. The highest BCUT2D eigenvalue weighted by Crippen LogP contribution is 2.24. The van der Waals surface area contributed by atoms with Crippen molar-refractivity contribution in [2.45, 2.75) is 13.3 Å². The van der Waals surface area contributed by atoms with E-state index in [9.17, 15) is 9.90 Å². The zero-order chi connectivity index (χ0) is 11.4. The van der Waals surface area contributed by atoms with Crippen LogP contribution in [0, 0.1) is 0 Å². The summed E-state index contributed by atoms with van der Waals surface area (Å²) in [6.45, 7) is 2.73. The summed E-state index contributed by atoms with van der Waals surface area (Å²) in [5, 5.41) is 9.44. The van der Waals surface area contributed by atoms with Gasteiger partial charge in [0.1, 0.15) is 5.75 Å².